The summed E-state index contributed by atoms with van der Waals surface area (Å²) in [5, 5.41) is 36.3. The number of nitrogens with one attached hydrogen (secondary N) is 2. The second kappa shape index (κ2) is 17.2. The monoisotopic (exact) mass is 794 g/mol. The van der Waals surface area contributed by atoms with Gasteiger partial charge in [-0.15, -0.1) is 0 Å². The molecule has 7 unspecified atom stereocenters. The van der Waals surface area contributed by atoms with E-state index in [1.807, 2.05) is 0 Å². The van der Waals surface area contributed by atoms with Gasteiger partial charge in [-0.05, 0) is 0 Å². The lowest BCUT2D eigenvalue weighted by molar-refractivity contribution is -0.480. The van der Waals surface area contributed by atoms with E-state index in [-0.39, 0.29) is 49.5 Å². The van der Waals surface area contributed by atoms with Gasteiger partial charge in [0.15, 0.2) is 17.7 Å². The normalized spacial score (nSPS) is 22.6. The molecule has 2 aromatic rings. The summed E-state index contributed by atoms with van der Waals surface area (Å²) >= 11 is 0. The number of fused-ring (bicyclic) bond motifs is 1. The molecule has 51 heavy (non-hydrogen) atoms. The minimum absolute atomic E-state index is 0.0230. The van der Waals surface area contributed by atoms with Crippen molar-refractivity contribution in [3.05, 3.63) is 22.8 Å². The molecule has 1 fully saturated rings. The number of carbonyl (C=O) groups is 2. The highest BCUT2D eigenvalue weighted by Gasteiger charge is 2.50. The van der Waals surface area contributed by atoms with Crippen LogP contribution in [-0.4, -0.2) is 123 Å². The van der Waals surface area contributed by atoms with Gasteiger partial charge in [-0.25, -0.2) is 28.6 Å². The van der Waals surface area contributed by atoms with Gasteiger partial charge >= 0.3 is 23.5 Å². The van der Waals surface area contributed by atoms with Crippen molar-refractivity contribution in [1.29, 1.82) is 0 Å². The van der Waals surface area contributed by atoms with Crippen LogP contribution >= 0.6 is 23.5 Å². The van der Waals surface area contributed by atoms with Crippen LogP contribution in [0, 0.1) is 15.5 Å². The van der Waals surface area contributed by atoms with Crippen molar-refractivity contribution in [2.75, 3.05) is 38.6 Å². The Morgan fingerprint density at radius 3 is 2.43 bits per heavy atom. The minimum atomic E-state index is -5.57. The summed E-state index contributed by atoms with van der Waals surface area (Å²) in [6.45, 7) is -0.154. The molecule has 0 bridgehead atoms. The van der Waals surface area contributed by atoms with E-state index >= 15 is 0 Å². The number of carbonyl (C=O) groups excluding carboxylic acids is 2. The third kappa shape index (κ3) is 12.5. The van der Waals surface area contributed by atoms with Gasteiger partial charge in [0.05, 0.1) is 19.5 Å². The topological polar surface area (TPSA) is 390 Å². The fourth-order valence-electron chi connectivity index (χ4n) is 4.38. The van der Waals surface area contributed by atoms with E-state index in [1.54, 1.807) is 0 Å². The standard InChI is InChI=1S/C22H37N8O18P3/c1-22(2,17(33)20(34)25-6-4-13(31)24-5-3-7-30(35)36)9-45-51(42,43)48-50(40,41)44-8-12-16(47-49(37,38)39)15(32)21(46-12)29-11-28-14-18(23)26-10-27-19(14)29/h10-12,15-17,21,32-33H,3-9H2,1-2H3,(H,24,31)(H,25,34)(H,40,41)(H,42,43)(H2,23,26,27)(H2,37,38,39). The van der Waals surface area contributed by atoms with Crippen LogP contribution < -0.4 is 16.4 Å². The Bertz CT molecular complexity index is 1710. The molecule has 0 aromatic carbocycles. The fraction of sp³-hybridized carbons (Fsp3) is 0.682. The summed E-state index contributed by atoms with van der Waals surface area (Å²) in [7, 11) is -16.4. The van der Waals surface area contributed by atoms with Crippen LogP contribution in [0.25, 0.3) is 11.2 Å². The van der Waals surface area contributed by atoms with Gasteiger partial charge in [0.25, 0.3) is 0 Å². The highest BCUT2D eigenvalue weighted by atomic mass is 31.3. The number of aliphatic hydroxyl groups excluding tert-OH is 2. The molecular formula is C22H37N8O18P3. The number of nitro groups is 1. The lowest BCUT2D eigenvalue weighted by Crippen LogP contribution is -2.46. The SMILES string of the molecule is CC(C)(COP(=O)(O)OP(=O)(O)OCC1OC(n2cnc3c(N)ncnc32)C(O)C1OP(=O)(O)O)C(O)C(=O)NCCC(=O)NCCC[N+](=O)[O-]. The molecule has 2 aromatic heterocycles. The van der Waals surface area contributed by atoms with Gasteiger partial charge in [-0.3, -0.25) is 37.8 Å². The minimum Gasteiger partial charge on any atom is -0.386 e. The van der Waals surface area contributed by atoms with Crippen LogP contribution in [0.3, 0.4) is 0 Å². The first-order chi connectivity index (χ1) is 23.5. The molecule has 1 aliphatic rings. The van der Waals surface area contributed by atoms with Crippen molar-refractivity contribution in [3.63, 3.8) is 0 Å². The number of amides is 2. The Hall–Kier alpha value is -3.06. The number of ether oxygens (including phenoxy) is 1. The predicted octanol–water partition coefficient (Wildman–Crippen LogP) is -1.93. The third-order valence-electron chi connectivity index (χ3n) is 6.92. The Morgan fingerprint density at radius 1 is 1.12 bits per heavy atom. The van der Waals surface area contributed by atoms with E-state index in [9.17, 15) is 63.2 Å². The maximum absolute atomic E-state index is 12.6. The van der Waals surface area contributed by atoms with Gasteiger partial charge in [0, 0.05) is 36.3 Å². The molecule has 0 radical (unpaired) electrons. The highest BCUT2D eigenvalue weighted by molar-refractivity contribution is 7.61. The first-order valence-electron chi connectivity index (χ1n) is 14.5. The summed E-state index contributed by atoms with van der Waals surface area (Å²) in [5.41, 5.74) is 4.21. The van der Waals surface area contributed by atoms with Crippen LogP contribution in [0.15, 0.2) is 12.7 Å². The molecule has 10 N–H and O–H groups in total. The zero-order valence-electron chi connectivity index (χ0n) is 26.7. The van der Waals surface area contributed by atoms with E-state index < -0.39 is 89.5 Å². The van der Waals surface area contributed by atoms with E-state index in [1.165, 1.54) is 13.8 Å². The second-order valence-corrected chi connectivity index (χ2v) is 15.7. The second-order valence-electron chi connectivity index (χ2n) is 11.5. The molecule has 29 heteroatoms. The number of nitrogens with two attached hydrogens (primary N) is 1. The molecule has 0 spiro atoms. The summed E-state index contributed by atoms with van der Waals surface area (Å²) in [4.78, 5) is 84.6. The first-order valence-corrected chi connectivity index (χ1v) is 19.0. The van der Waals surface area contributed by atoms with Crippen molar-refractivity contribution in [3.8, 4) is 0 Å². The van der Waals surface area contributed by atoms with Crippen LogP contribution in [0.4, 0.5) is 5.82 Å². The number of anilines is 1. The van der Waals surface area contributed by atoms with Crippen molar-refractivity contribution in [1.82, 2.24) is 30.2 Å². The number of aromatic nitrogens is 4. The summed E-state index contributed by atoms with van der Waals surface area (Å²) in [6.07, 6.45) is -6.95. The number of aliphatic hydroxyl groups is 2. The molecule has 0 saturated carbocycles. The van der Waals surface area contributed by atoms with E-state index in [0.717, 1.165) is 17.2 Å². The van der Waals surface area contributed by atoms with Gasteiger partial charge < -0.3 is 50.9 Å². The predicted molar refractivity (Wildman–Crippen MR) is 166 cm³/mol. The Kier molecular flexibility index (Phi) is 14.3. The van der Waals surface area contributed by atoms with Crippen LogP contribution in [0.2, 0.25) is 0 Å². The Morgan fingerprint density at radius 2 is 1.78 bits per heavy atom. The van der Waals surface area contributed by atoms with Gasteiger partial charge in [-0.2, -0.15) is 4.31 Å². The molecule has 3 rings (SSSR count). The zero-order chi connectivity index (χ0) is 38.4. The Labute approximate surface area is 287 Å². The van der Waals surface area contributed by atoms with Crippen molar-refractivity contribution >= 4 is 52.3 Å². The molecule has 0 aliphatic carbocycles. The average molecular weight is 794 g/mol. The maximum atomic E-state index is 12.6. The fourth-order valence-corrected chi connectivity index (χ4v) is 7.20. The van der Waals surface area contributed by atoms with E-state index in [4.69, 9.17) is 19.5 Å². The van der Waals surface area contributed by atoms with E-state index in [2.05, 4.69) is 34.4 Å². The quantitative estimate of drug-likeness (QED) is 0.0305. The maximum Gasteiger partial charge on any atom is 0.481 e. The number of nitrogens with zero attached hydrogens (tertiary/aromatic N) is 5. The number of phosphoric ester groups is 3. The number of hydrogen-bond acceptors (Lipinski definition) is 18. The molecule has 3 heterocycles. The smallest absolute Gasteiger partial charge is 0.386 e. The molecule has 26 nitrogen and oxygen atoms in total. The van der Waals surface area contributed by atoms with Gasteiger partial charge in [0.1, 0.15) is 36.3 Å². The number of phosphoric acid groups is 3. The van der Waals surface area contributed by atoms with Gasteiger partial charge in [-0.1, -0.05) is 13.8 Å². The highest BCUT2D eigenvalue weighted by Crippen LogP contribution is 2.61. The molecule has 2 amide bonds. The number of hydrogen-bond donors (Lipinski definition) is 9. The first kappa shape index (κ1) is 42.4. The Balaban J connectivity index is 1.55. The van der Waals surface area contributed by atoms with Crippen molar-refractivity contribution in [2.24, 2.45) is 5.41 Å². The number of imidazole rings is 1. The largest absolute Gasteiger partial charge is 0.481 e. The molecule has 1 aliphatic heterocycles. The summed E-state index contributed by atoms with van der Waals surface area (Å²) < 4.78 is 61.7. The van der Waals surface area contributed by atoms with Crippen LogP contribution in [0.1, 0.15) is 32.9 Å². The van der Waals surface area contributed by atoms with Crippen LogP contribution in [-0.2, 0) is 45.9 Å². The lowest BCUT2D eigenvalue weighted by Gasteiger charge is -2.30. The number of rotatable bonds is 20. The number of nitrogen functional groups attached to an aromatic ring is 1. The molecular weight excluding hydrogens is 757 g/mol. The van der Waals surface area contributed by atoms with Gasteiger partial charge in [0.2, 0.25) is 18.4 Å². The lowest BCUT2D eigenvalue weighted by atomic mass is 9.87. The van der Waals surface area contributed by atoms with E-state index in [0.29, 0.717) is 0 Å². The molecule has 1 saturated heterocycles. The van der Waals surface area contributed by atoms with Crippen molar-refractivity contribution in [2.45, 2.75) is 57.3 Å². The average Bonchev–Trinajstić information content (AvgIpc) is 3.57. The zero-order valence-corrected chi connectivity index (χ0v) is 29.4. The molecule has 7 atom stereocenters. The van der Waals surface area contributed by atoms with Crippen molar-refractivity contribution < 1.29 is 80.6 Å². The summed E-state index contributed by atoms with van der Waals surface area (Å²) in [5.74, 6) is -1.59. The van der Waals surface area contributed by atoms with Crippen LogP contribution in [0.5, 0.6) is 0 Å². The molecule has 288 valence electrons. The summed E-state index contributed by atoms with van der Waals surface area (Å²) in [6, 6.07) is 0. The third-order valence-corrected chi connectivity index (χ3v) is 10.0.